The van der Waals surface area contributed by atoms with Crippen molar-refractivity contribution in [1.82, 2.24) is 4.90 Å². The monoisotopic (exact) mass is 423 g/mol. The zero-order valence-electron chi connectivity index (χ0n) is 15.3. The minimum atomic E-state index is -4.39. The maximum atomic E-state index is 12.8. The highest BCUT2D eigenvalue weighted by Crippen LogP contribution is 2.30. The van der Waals surface area contributed by atoms with Crippen LogP contribution in [0, 0.1) is 17.0 Å². The molecule has 0 aromatic heterocycles. The lowest BCUT2D eigenvalue weighted by Crippen LogP contribution is -2.32. The van der Waals surface area contributed by atoms with Crippen LogP contribution in [-0.4, -0.2) is 34.0 Å². The molecule has 0 spiro atoms. The van der Waals surface area contributed by atoms with Crippen molar-refractivity contribution in [3.05, 3.63) is 74.8 Å². The number of rotatable bonds is 4. The third-order valence-corrected chi connectivity index (χ3v) is 5.43. The van der Waals surface area contributed by atoms with E-state index < -0.39 is 22.6 Å². The van der Waals surface area contributed by atoms with Crippen molar-refractivity contribution in [3.63, 3.8) is 0 Å². The summed E-state index contributed by atoms with van der Waals surface area (Å²) in [5.41, 5.74) is 0.453. The quantitative estimate of drug-likeness (QED) is 0.529. The summed E-state index contributed by atoms with van der Waals surface area (Å²) in [5.74, 6) is -0.0568. The first-order valence-corrected chi connectivity index (χ1v) is 9.55. The maximum absolute atomic E-state index is 12.8. The number of benzene rings is 2. The molecule has 2 aromatic rings. The summed E-state index contributed by atoms with van der Waals surface area (Å²) in [7, 11) is 0. The number of nitrogens with zero attached hydrogens (tertiary/aromatic N) is 3. The highest BCUT2D eigenvalue weighted by Gasteiger charge is 2.30. The molecule has 0 saturated heterocycles. The van der Waals surface area contributed by atoms with Crippen LogP contribution in [-0.2, 0) is 11.9 Å². The Morgan fingerprint density at radius 2 is 1.93 bits per heavy atom. The van der Waals surface area contributed by atoms with E-state index in [2.05, 4.69) is 4.99 Å². The molecule has 1 aliphatic heterocycles. The number of halogens is 3. The Morgan fingerprint density at radius 1 is 1.24 bits per heavy atom. The van der Waals surface area contributed by atoms with Gasteiger partial charge in [-0.1, -0.05) is 30.0 Å². The highest BCUT2D eigenvalue weighted by atomic mass is 32.2. The summed E-state index contributed by atoms with van der Waals surface area (Å²) in [6.45, 7) is 2.33. The molecule has 29 heavy (non-hydrogen) atoms. The van der Waals surface area contributed by atoms with Gasteiger partial charge >= 0.3 is 6.18 Å². The Kier molecular flexibility index (Phi) is 5.92. The summed E-state index contributed by atoms with van der Waals surface area (Å²) in [5, 5.41) is 11.6. The molecule has 0 saturated carbocycles. The normalized spacial score (nSPS) is 14.1. The molecule has 0 bridgehead atoms. The van der Waals surface area contributed by atoms with Gasteiger partial charge in [0.2, 0.25) is 0 Å². The lowest BCUT2D eigenvalue weighted by molar-refractivity contribution is -0.385. The van der Waals surface area contributed by atoms with Gasteiger partial charge < -0.3 is 0 Å². The second-order valence-electron chi connectivity index (χ2n) is 6.36. The lowest BCUT2D eigenvalue weighted by Gasteiger charge is -2.18. The smallest absolute Gasteiger partial charge is 0.286 e. The van der Waals surface area contributed by atoms with Crippen molar-refractivity contribution < 1.29 is 22.9 Å². The van der Waals surface area contributed by atoms with Crippen LogP contribution in [0.3, 0.4) is 0 Å². The van der Waals surface area contributed by atoms with Gasteiger partial charge in [-0.2, -0.15) is 13.2 Å². The van der Waals surface area contributed by atoms with Crippen molar-refractivity contribution in [2.75, 3.05) is 13.1 Å². The molecule has 2 aromatic carbocycles. The molecular weight excluding hydrogens is 407 g/mol. The molecule has 0 aliphatic carbocycles. The number of aliphatic imine (C=N–C) groups is 1. The molecule has 0 radical (unpaired) electrons. The Bertz CT molecular complexity index is 975. The van der Waals surface area contributed by atoms with E-state index in [9.17, 15) is 28.1 Å². The molecule has 0 fully saturated rings. The molecule has 10 heteroatoms. The van der Waals surface area contributed by atoms with Crippen molar-refractivity contribution in [2.45, 2.75) is 18.9 Å². The highest BCUT2D eigenvalue weighted by molar-refractivity contribution is 8.13. The van der Waals surface area contributed by atoms with Crippen LogP contribution >= 0.6 is 11.8 Å². The van der Waals surface area contributed by atoms with Gasteiger partial charge in [0, 0.05) is 29.5 Å². The predicted octanol–water partition coefficient (Wildman–Crippen LogP) is 4.67. The number of amidine groups is 1. The van der Waals surface area contributed by atoms with Crippen LogP contribution in [0.25, 0.3) is 0 Å². The Balaban J connectivity index is 1.69. The molecule has 152 valence electrons. The Morgan fingerprint density at radius 3 is 2.55 bits per heavy atom. The minimum absolute atomic E-state index is 0.133. The van der Waals surface area contributed by atoms with E-state index in [1.165, 1.54) is 47.0 Å². The van der Waals surface area contributed by atoms with Crippen LogP contribution in [0.4, 0.5) is 18.9 Å². The predicted molar refractivity (Wildman–Crippen MR) is 104 cm³/mol. The van der Waals surface area contributed by atoms with Gasteiger partial charge in [0.25, 0.3) is 11.6 Å². The standard InChI is InChI=1S/C19H16F3N3O3S/c1-12-2-5-14(10-16(12)25(27)28)17(26)24-9-8-23-18(24)29-11-13-3-6-15(7-4-13)19(20,21)22/h2-7,10H,8-9,11H2,1H3. The van der Waals surface area contributed by atoms with Gasteiger partial charge in [0.05, 0.1) is 17.0 Å². The Labute approximate surface area is 168 Å². The number of alkyl halides is 3. The first-order valence-electron chi connectivity index (χ1n) is 8.57. The van der Waals surface area contributed by atoms with E-state index in [0.717, 1.165) is 12.1 Å². The molecule has 3 rings (SSSR count). The number of aryl methyl sites for hydroxylation is 1. The van der Waals surface area contributed by atoms with E-state index in [1.54, 1.807) is 6.92 Å². The first kappa shape index (κ1) is 20.8. The number of nitro benzene ring substituents is 1. The number of amides is 1. The minimum Gasteiger partial charge on any atom is -0.286 e. The molecule has 0 atom stereocenters. The summed E-state index contributed by atoms with van der Waals surface area (Å²) in [6.07, 6.45) is -4.39. The molecule has 0 N–H and O–H groups in total. The number of carbonyl (C=O) groups excluding carboxylic acids is 1. The van der Waals surface area contributed by atoms with Crippen LogP contribution < -0.4 is 0 Å². The number of hydrogen-bond acceptors (Lipinski definition) is 5. The third kappa shape index (κ3) is 4.76. The van der Waals surface area contributed by atoms with Crippen molar-refractivity contribution >= 4 is 28.5 Å². The maximum Gasteiger partial charge on any atom is 0.416 e. The van der Waals surface area contributed by atoms with Crippen LogP contribution in [0.1, 0.15) is 27.0 Å². The third-order valence-electron chi connectivity index (χ3n) is 4.35. The summed E-state index contributed by atoms with van der Waals surface area (Å²) >= 11 is 1.24. The molecule has 1 aliphatic rings. The molecule has 6 nitrogen and oxygen atoms in total. The first-order chi connectivity index (χ1) is 13.7. The average Bonchev–Trinajstić information content (AvgIpc) is 3.14. The zero-order valence-corrected chi connectivity index (χ0v) is 16.1. The van der Waals surface area contributed by atoms with Crippen molar-refractivity contribution in [2.24, 2.45) is 4.99 Å². The lowest BCUT2D eigenvalue weighted by atomic mass is 10.1. The summed E-state index contributed by atoms with van der Waals surface area (Å²) in [4.78, 5) is 29.1. The molecule has 1 amide bonds. The molecular formula is C19H16F3N3O3S. The SMILES string of the molecule is Cc1ccc(C(=O)N2CCN=C2SCc2ccc(C(F)(F)F)cc2)cc1[N+](=O)[O-]. The van der Waals surface area contributed by atoms with E-state index >= 15 is 0 Å². The van der Waals surface area contributed by atoms with Gasteiger partial charge in [0.1, 0.15) is 0 Å². The fraction of sp³-hybridized carbons (Fsp3) is 0.263. The number of hydrogen-bond donors (Lipinski definition) is 0. The second kappa shape index (κ2) is 8.24. The van der Waals surface area contributed by atoms with Gasteiger partial charge in [0.15, 0.2) is 5.17 Å². The van der Waals surface area contributed by atoms with Gasteiger partial charge in [-0.25, -0.2) is 0 Å². The number of thioether (sulfide) groups is 1. The number of carbonyl (C=O) groups is 1. The summed E-state index contributed by atoms with van der Waals surface area (Å²) < 4.78 is 37.9. The fourth-order valence-electron chi connectivity index (χ4n) is 2.77. The van der Waals surface area contributed by atoms with E-state index in [-0.39, 0.29) is 11.3 Å². The van der Waals surface area contributed by atoms with Crippen LogP contribution in [0.15, 0.2) is 47.5 Å². The van der Waals surface area contributed by atoms with Gasteiger partial charge in [-0.3, -0.25) is 24.8 Å². The molecule has 0 unspecified atom stereocenters. The van der Waals surface area contributed by atoms with E-state index in [4.69, 9.17) is 0 Å². The zero-order chi connectivity index (χ0) is 21.2. The fourth-order valence-corrected chi connectivity index (χ4v) is 3.77. The van der Waals surface area contributed by atoms with Crippen LogP contribution in [0.5, 0.6) is 0 Å². The van der Waals surface area contributed by atoms with Crippen molar-refractivity contribution in [3.8, 4) is 0 Å². The Hall–Kier alpha value is -2.88. The van der Waals surface area contributed by atoms with Gasteiger partial charge in [-0.15, -0.1) is 0 Å². The second-order valence-corrected chi connectivity index (χ2v) is 7.31. The topological polar surface area (TPSA) is 75.8 Å². The molecule has 1 heterocycles. The van der Waals surface area contributed by atoms with E-state index in [0.29, 0.717) is 35.1 Å². The van der Waals surface area contributed by atoms with Crippen molar-refractivity contribution in [1.29, 1.82) is 0 Å². The number of nitro groups is 1. The van der Waals surface area contributed by atoms with Crippen LogP contribution in [0.2, 0.25) is 0 Å². The van der Waals surface area contributed by atoms with E-state index in [1.807, 2.05) is 0 Å². The van der Waals surface area contributed by atoms with Gasteiger partial charge in [-0.05, 0) is 30.7 Å². The average molecular weight is 423 g/mol. The largest absolute Gasteiger partial charge is 0.416 e. The summed E-state index contributed by atoms with van der Waals surface area (Å²) in [6, 6.07) is 9.10.